The molecular formula is C30H32N2O4. The van der Waals surface area contributed by atoms with E-state index < -0.39 is 17.7 Å². The summed E-state index contributed by atoms with van der Waals surface area (Å²) in [5.41, 5.74) is 3.40. The smallest absolute Gasteiger partial charge is 0.295 e. The first-order valence-electron chi connectivity index (χ1n) is 12.1. The molecule has 1 N–H and O–H groups in total. The van der Waals surface area contributed by atoms with Gasteiger partial charge in [0.25, 0.3) is 11.7 Å². The molecule has 36 heavy (non-hydrogen) atoms. The van der Waals surface area contributed by atoms with Crippen LogP contribution in [0.4, 0.5) is 0 Å². The molecule has 1 aliphatic rings. The molecular weight excluding hydrogens is 452 g/mol. The molecule has 3 aromatic rings. The summed E-state index contributed by atoms with van der Waals surface area (Å²) in [6.07, 6.45) is 0.695. The van der Waals surface area contributed by atoms with Gasteiger partial charge in [-0.25, -0.2) is 0 Å². The minimum absolute atomic E-state index is 0.102. The van der Waals surface area contributed by atoms with Crippen LogP contribution in [0.2, 0.25) is 0 Å². The van der Waals surface area contributed by atoms with Crippen molar-refractivity contribution in [2.45, 2.75) is 26.3 Å². The quantitative estimate of drug-likeness (QED) is 0.261. The number of aryl methyl sites for hydroxylation is 2. The molecule has 0 spiro atoms. The number of aliphatic hydroxyl groups excluding tert-OH is 1. The Morgan fingerprint density at radius 3 is 2.33 bits per heavy atom. The number of ketones is 1. The molecule has 1 heterocycles. The van der Waals surface area contributed by atoms with E-state index in [9.17, 15) is 14.7 Å². The molecule has 1 atom stereocenters. The number of carbonyl (C=O) groups excluding carboxylic acids is 2. The summed E-state index contributed by atoms with van der Waals surface area (Å²) >= 11 is 0. The lowest BCUT2D eigenvalue weighted by Crippen LogP contribution is -2.32. The number of Topliss-reactive ketones (excluding diaryl/α,β-unsaturated/α-hetero) is 1. The van der Waals surface area contributed by atoms with Gasteiger partial charge in [0.1, 0.15) is 17.3 Å². The molecule has 4 rings (SSSR count). The molecule has 0 saturated carbocycles. The summed E-state index contributed by atoms with van der Waals surface area (Å²) in [6.45, 7) is 5.10. The van der Waals surface area contributed by atoms with Crippen molar-refractivity contribution in [1.82, 2.24) is 9.80 Å². The highest BCUT2D eigenvalue weighted by Crippen LogP contribution is 2.40. The van der Waals surface area contributed by atoms with Crippen LogP contribution in [0.1, 0.15) is 34.7 Å². The number of rotatable bonds is 8. The van der Waals surface area contributed by atoms with Crippen LogP contribution in [0, 0.1) is 13.8 Å². The largest absolute Gasteiger partial charge is 0.507 e. The Kier molecular flexibility index (Phi) is 7.55. The van der Waals surface area contributed by atoms with E-state index in [0.29, 0.717) is 35.6 Å². The zero-order chi connectivity index (χ0) is 25.8. The van der Waals surface area contributed by atoms with E-state index in [1.165, 1.54) is 0 Å². The normalized spacial score (nSPS) is 17.1. The maximum Gasteiger partial charge on any atom is 0.295 e. The number of nitrogens with zero attached hydrogens (tertiary/aromatic N) is 2. The van der Waals surface area contributed by atoms with Crippen molar-refractivity contribution in [1.29, 1.82) is 0 Å². The first-order valence-corrected chi connectivity index (χ1v) is 12.1. The molecule has 0 aliphatic carbocycles. The SMILES string of the molecule is Cc1ccc(/C(O)=C2/C(=O)C(=O)N(CCCN(C)C)C2c2cccc(Oc3ccccc3)c2)cc1C. The van der Waals surface area contributed by atoms with Crippen LogP contribution in [0.3, 0.4) is 0 Å². The van der Waals surface area contributed by atoms with Crippen LogP contribution in [0.25, 0.3) is 5.76 Å². The highest BCUT2D eigenvalue weighted by atomic mass is 16.5. The topological polar surface area (TPSA) is 70.1 Å². The third-order valence-corrected chi connectivity index (χ3v) is 6.48. The summed E-state index contributed by atoms with van der Waals surface area (Å²) in [6, 6.07) is 21.6. The van der Waals surface area contributed by atoms with Gasteiger partial charge in [-0.3, -0.25) is 9.59 Å². The summed E-state index contributed by atoms with van der Waals surface area (Å²) in [5, 5.41) is 11.3. The van der Waals surface area contributed by atoms with Crippen molar-refractivity contribution in [2.24, 2.45) is 0 Å². The fourth-order valence-electron chi connectivity index (χ4n) is 4.43. The van der Waals surface area contributed by atoms with Gasteiger partial charge in [-0.1, -0.05) is 42.5 Å². The van der Waals surface area contributed by atoms with Crippen LogP contribution >= 0.6 is 0 Å². The average Bonchev–Trinajstić information content (AvgIpc) is 3.11. The Morgan fingerprint density at radius 1 is 0.917 bits per heavy atom. The minimum Gasteiger partial charge on any atom is -0.507 e. The molecule has 1 unspecified atom stereocenters. The van der Waals surface area contributed by atoms with E-state index in [2.05, 4.69) is 0 Å². The second-order valence-corrected chi connectivity index (χ2v) is 9.44. The zero-order valence-electron chi connectivity index (χ0n) is 21.2. The van der Waals surface area contributed by atoms with E-state index >= 15 is 0 Å². The second kappa shape index (κ2) is 10.8. The Bertz CT molecular complexity index is 1300. The van der Waals surface area contributed by atoms with Crippen molar-refractivity contribution in [2.75, 3.05) is 27.2 Å². The molecule has 1 saturated heterocycles. The Labute approximate surface area is 212 Å². The lowest BCUT2D eigenvalue weighted by Gasteiger charge is -2.26. The fourth-order valence-corrected chi connectivity index (χ4v) is 4.43. The Morgan fingerprint density at radius 2 is 1.64 bits per heavy atom. The van der Waals surface area contributed by atoms with E-state index in [-0.39, 0.29) is 11.3 Å². The molecule has 6 nitrogen and oxygen atoms in total. The highest BCUT2D eigenvalue weighted by Gasteiger charge is 2.45. The second-order valence-electron chi connectivity index (χ2n) is 9.44. The van der Waals surface area contributed by atoms with Gasteiger partial charge in [0.05, 0.1) is 11.6 Å². The zero-order valence-corrected chi connectivity index (χ0v) is 21.2. The van der Waals surface area contributed by atoms with Crippen molar-refractivity contribution >= 4 is 17.4 Å². The molecule has 3 aromatic carbocycles. The number of aliphatic hydroxyl groups is 1. The molecule has 1 aliphatic heterocycles. The predicted octanol–water partition coefficient (Wildman–Crippen LogP) is 5.47. The number of para-hydroxylation sites is 1. The van der Waals surface area contributed by atoms with Gasteiger partial charge in [0, 0.05) is 12.1 Å². The lowest BCUT2D eigenvalue weighted by atomic mass is 9.94. The molecule has 0 aromatic heterocycles. The Hall–Kier alpha value is -3.90. The highest BCUT2D eigenvalue weighted by molar-refractivity contribution is 6.46. The van der Waals surface area contributed by atoms with Gasteiger partial charge in [0.15, 0.2) is 0 Å². The van der Waals surface area contributed by atoms with Gasteiger partial charge in [0.2, 0.25) is 0 Å². The number of likely N-dealkylation sites (tertiary alicyclic amines) is 1. The lowest BCUT2D eigenvalue weighted by molar-refractivity contribution is -0.139. The molecule has 0 radical (unpaired) electrons. The van der Waals surface area contributed by atoms with Crippen molar-refractivity contribution in [3.05, 3.63) is 101 Å². The minimum atomic E-state index is -0.715. The standard InChI is InChI=1S/C30H32N2O4/c1-20-14-15-23(18-21(20)2)28(33)26-27(32(30(35)29(26)34)17-9-16-31(3)4)22-10-8-13-25(19-22)36-24-11-6-5-7-12-24/h5-8,10-15,18-19,27,33H,9,16-17H2,1-4H3/b28-26-. The molecule has 6 heteroatoms. The number of hydrogen-bond donors (Lipinski definition) is 1. The predicted molar refractivity (Wildman–Crippen MR) is 141 cm³/mol. The summed E-state index contributed by atoms with van der Waals surface area (Å²) in [5.74, 6) is -0.159. The van der Waals surface area contributed by atoms with E-state index in [0.717, 1.165) is 17.7 Å². The maximum absolute atomic E-state index is 13.3. The Balaban J connectivity index is 1.79. The maximum atomic E-state index is 13.3. The van der Waals surface area contributed by atoms with Gasteiger partial charge in [-0.2, -0.15) is 0 Å². The van der Waals surface area contributed by atoms with Crippen molar-refractivity contribution < 1.29 is 19.4 Å². The number of hydrogen-bond acceptors (Lipinski definition) is 5. The fraction of sp³-hybridized carbons (Fsp3) is 0.267. The van der Waals surface area contributed by atoms with E-state index in [1.54, 1.807) is 11.0 Å². The molecule has 1 amide bonds. The number of ether oxygens (including phenoxy) is 1. The van der Waals surface area contributed by atoms with Crippen LogP contribution in [0.5, 0.6) is 11.5 Å². The number of carbonyl (C=O) groups is 2. The van der Waals surface area contributed by atoms with E-state index in [1.807, 2.05) is 99.6 Å². The van der Waals surface area contributed by atoms with E-state index in [4.69, 9.17) is 4.74 Å². The average molecular weight is 485 g/mol. The third-order valence-electron chi connectivity index (χ3n) is 6.48. The van der Waals surface area contributed by atoms with Gasteiger partial charge < -0.3 is 19.6 Å². The van der Waals surface area contributed by atoms with Crippen LogP contribution in [-0.4, -0.2) is 53.8 Å². The number of benzene rings is 3. The third kappa shape index (κ3) is 5.34. The van der Waals surface area contributed by atoms with Gasteiger partial charge in [-0.05, 0) is 87.9 Å². The first-order chi connectivity index (χ1) is 17.3. The summed E-state index contributed by atoms with van der Waals surface area (Å²) in [7, 11) is 3.94. The first kappa shape index (κ1) is 25.2. The molecule has 1 fully saturated rings. The van der Waals surface area contributed by atoms with Crippen LogP contribution in [-0.2, 0) is 9.59 Å². The van der Waals surface area contributed by atoms with Gasteiger partial charge >= 0.3 is 0 Å². The molecule has 0 bridgehead atoms. The number of amides is 1. The van der Waals surface area contributed by atoms with Crippen molar-refractivity contribution in [3.8, 4) is 11.5 Å². The van der Waals surface area contributed by atoms with Gasteiger partial charge in [-0.15, -0.1) is 0 Å². The van der Waals surface area contributed by atoms with Crippen LogP contribution in [0.15, 0.2) is 78.4 Å². The van der Waals surface area contributed by atoms with Crippen molar-refractivity contribution in [3.63, 3.8) is 0 Å². The summed E-state index contributed by atoms with van der Waals surface area (Å²) in [4.78, 5) is 30.1. The molecule has 186 valence electrons. The van der Waals surface area contributed by atoms with Crippen LogP contribution < -0.4 is 4.74 Å². The summed E-state index contributed by atoms with van der Waals surface area (Å²) < 4.78 is 6.02. The monoisotopic (exact) mass is 484 g/mol.